The van der Waals surface area contributed by atoms with Crippen LogP contribution in [0.3, 0.4) is 0 Å². The van der Waals surface area contributed by atoms with Crippen LogP contribution in [0.25, 0.3) is 0 Å². The van der Waals surface area contributed by atoms with Crippen LogP contribution in [0.5, 0.6) is 0 Å². The fourth-order valence-corrected chi connectivity index (χ4v) is 1.98. The van der Waals surface area contributed by atoms with E-state index in [2.05, 4.69) is 4.18 Å². The third-order valence-electron chi connectivity index (χ3n) is 1.76. The normalized spacial score (nSPS) is 13.8. The lowest BCUT2D eigenvalue weighted by Gasteiger charge is -2.11. The molecule has 0 saturated carbocycles. The fourth-order valence-electron chi connectivity index (χ4n) is 1.24. The summed E-state index contributed by atoms with van der Waals surface area (Å²) >= 11 is 5.90. The van der Waals surface area contributed by atoms with E-state index >= 15 is 0 Å². The van der Waals surface area contributed by atoms with Crippen LogP contribution in [-0.4, -0.2) is 14.5 Å². The Morgan fingerprint density at radius 2 is 2.07 bits per heavy atom. The molecule has 0 radical (unpaired) electrons. The van der Waals surface area contributed by atoms with E-state index in [-0.39, 0.29) is 0 Å². The van der Waals surface area contributed by atoms with Gasteiger partial charge in [-0.15, -0.1) is 0 Å². The van der Waals surface area contributed by atoms with Gasteiger partial charge in [-0.3, -0.25) is 4.18 Å². The van der Waals surface area contributed by atoms with Gasteiger partial charge in [0.05, 0.1) is 6.10 Å². The molecule has 0 heterocycles. The highest BCUT2D eigenvalue weighted by Gasteiger charge is 2.12. The van der Waals surface area contributed by atoms with Gasteiger partial charge in [0, 0.05) is 11.4 Å². The second-order valence-electron chi connectivity index (χ2n) is 3.20. The quantitative estimate of drug-likeness (QED) is 0.879. The number of hydrogen-bond acceptors (Lipinski definition) is 3. The minimum atomic E-state index is -3.90. The maximum Gasteiger partial charge on any atom is 0.333 e. The summed E-state index contributed by atoms with van der Waals surface area (Å²) in [6, 6.07) is 7.17. The summed E-state index contributed by atoms with van der Waals surface area (Å²) in [6.45, 7) is 1.62. The Morgan fingerprint density at radius 1 is 1.47 bits per heavy atom. The maximum atomic E-state index is 10.6. The molecule has 6 heteroatoms. The molecule has 1 aromatic carbocycles. The third-order valence-corrected chi connectivity index (χ3v) is 2.73. The minimum absolute atomic E-state index is 0.399. The number of hydrogen-bond donors (Lipinski definition) is 1. The summed E-state index contributed by atoms with van der Waals surface area (Å²) in [4.78, 5) is 0. The van der Waals surface area contributed by atoms with Gasteiger partial charge in [0.2, 0.25) is 0 Å². The van der Waals surface area contributed by atoms with Crippen LogP contribution >= 0.6 is 11.6 Å². The zero-order valence-corrected chi connectivity index (χ0v) is 9.75. The minimum Gasteiger partial charge on any atom is -0.255 e. The lowest BCUT2D eigenvalue weighted by Crippen LogP contribution is -2.23. The number of halogens is 1. The first-order valence-electron chi connectivity index (χ1n) is 4.33. The first-order valence-corrected chi connectivity index (χ1v) is 6.18. The zero-order valence-electron chi connectivity index (χ0n) is 8.18. The van der Waals surface area contributed by atoms with E-state index in [1.807, 2.05) is 12.1 Å². The third kappa shape index (κ3) is 4.61. The van der Waals surface area contributed by atoms with E-state index in [9.17, 15) is 8.42 Å². The molecule has 0 saturated heterocycles. The summed E-state index contributed by atoms with van der Waals surface area (Å²) in [5.41, 5.74) is 0.829. The summed E-state index contributed by atoms with van der Waals surface area (Å²) in [7, 11) is -3.90. The molecule has 0 aromatic heterocycles. The summed E-state index contributed by atoms with van der Waals surface area (Å²) in [6.07, 6.45) is -0.129. The van der Waals surface area contributed by atoms with Crippen molar-refractivity contribution < 1.29 is 12.6 Å². The van der Waals surface area contributed by atoms with Gasteiger partial charge in [0.1, 0.15) is 0 Å². The number of rotatable bonds is 4. The smallest absolute Gasteiger partial charge is 0.255 e. The standard InChI is InChI=1S/C9H12ClNO3S/c1-7(14-15(11,12)13)6-8-4-2-3-5-9(8)10/h2-5,7H,6H2,1H3,(H2,11,12,13)/t7-/m0/s1. The molecular weight excluding hydrogens is 238 g/mol. The molecule has 0 aliphatic carbocycles. The van der Waals surface area contributed by atoms with Gasteiger partial charge in [-0.25, -0.2) is 5.14 Å². The van der Waals surface area contributed by atoms with Crippen molar-refractivity contribution in [3.05, 3.63) is 34.9 Å². The van der Waals surface area contributed by atoms with Crippen molar-refractivity contribution in [1.82, 2.24) is 0 Å². The van der Waals surface area contributed by atoms with Crippen LogP contribution in [0.15, 0.2) is 24.3 Å². The Kier molecular flexibility index (Phi) is 4.10. The average molecular weight is 250 g/mol. The molecule has 1 atom stereocenters. The molecule has 2 N–H and O–H groups in total. The van der Waals surface area contributed by atoms with E-state index in [1.54, 1.807) is 19.1 Å². The average Bonchev–Trinajstić information content (AvgIpc) is 2.05. The first-order chi connectivity index (χ1) is 6.88. The maximum absolute atomic E-state index is 10.6. The second-order valence-corrected chi connectivity index (χ2v) is 4.78. The van der Waals surface area contributed by atoms with E-state index in [0.717, 1.165) is 5.56 Å². The van der Waals surface area contributed by atoms with Crippen molar-refractivity contribution in [2.24, 2.45) is 5.14 Å². The van der Waals surface area contributed by atoms with Crippen LogP contribution in [-0.2, 0) is 20.9 Å². The molecule has 1 rings (SSSR count). The van der Waals surface area contributed by atoms with Crippen molar-refractivity contribution in [1.29, 1.82) is 0 Å². The fraction of sp³-hybridized carbons (Fsp3) is 0.333. The monoisotopic (exact) mass is 249 g/mol. The van der Waals surface area contributed by atoms with Crippen molar-refractivity contribution in [2.45, 2.75) is 19.4 Å². The van der Waals surface area contributed by atoms with Crippen LogP contribution in [0.1, 0.15) is 12.5 Å². The van der Waals surface area contributed by atoms with E-state index in [4.69, 9.17) is 16.7 Å². The molecule has 4 nitrogen and oxygen atoms in total. The first kappa shape index (κ1) is 12.4. The van der Waals surface area contributed by atoms with Gasteiger partial charge in [-0.1, -0.05) is 29.8 Å². The Bertz CT molecular complexity index is 433. The number of benzene rings is 1. The molecule has 0 fully saturated rings. The zero-order chi connectivity index (χ0) is 11.5. The highest BCUT2D eigenvalue weighted by molar-refractivity contribution is 7.84. The highest BCUT2D eigenvalue weighted by atomic mass is 35.5. The Hall–Kier alpha value is -0.620. The van der Waals surface area contributed by atoms with Crippen LogP contribution in [0.2, 0.25) is 5.02 Å². The van der Waals surface area contributed by atoms with Gasteiger partial charge in [0.15, 0.2) is 0 Å². The lowest BCUT2D eigenvalue weighted by atomic mass is 10.1. The SMILES string of the molecule is C[C@@H](Cc1ccccc1Cl)OS(N)(=O)=O. The Balaban J connectivity index is 2.67. The van der Waals surface area contributed by atoms with Crippen LogP contribution < -0.4 is 5.14 Å². The topological polar surface area (TPSA) is 69.4 Å². The molecule has 0 aliphatic rings. The van der Waals surface area contributed by atoms with E-state index in [0.29, 0.717) is 11.4 Å². The van der Waals surface area contributed by atoms with E-state index in [1.165, 1.54) is 0 Å². The van der Waals surface area contributed by atoms with Crippen molar-refractivity contribution in [3.63, 3.8) is 0 Å². The van der Waals surface area contributed by atoms with Crippen LogP contribution in [0, 0.1) is 0 Å². The van der Waals surface area contributed by atoms with Gasteiger partial charge in [-0.05, 0) is 18.6 Å². The summed E-state index contributed by atoms with van der Waals surface area (Å²) < 4.78 is 25.9. The molecule has 0 amide bonds. The molecule has 0 aliphatic heterocycles. The van der Waals surface area contributed by atoms with Gasteiger partial charge in [0.25, 0.3) is 0 Å². The molecular formula is C9H12ClNO3S. The number of nitrogens with two attached hydrogens (primary N) is 1. The predicted molar refractivity (Wildman–Crippen MR) is 58.8 cm³/mol. The Morgan fingerprint density at radius 3 is 2.60 bits per heavy atom. The Labute approximate surface area is 94.3 Å². The molecule has 1 aromatic rings. The lowest BCUT2D eigenvalue weighted by molar-refractivity contribution is 0.229. The molecule has 15 heavy (non-hydrogen) atoms. The van der Waals surface area contributed by atoms with Gasteiger partial charge < -0.3 is 0 Å². The molecule has 0 bridgehead atoms. The highest BCUT2D eigenvalue weighted by Crippen LogP contribution is 2.17. The molecule has 84 valence electrons. The molecule has 0 spiro atoms. The van der Waals surface area contributed by atoms with Crippen molar-refractivity contribution in [3.8, 4) is 0 Å². The largest absolute Gasteiger partial charge is 0.333 e. The second kappa shape index (κ2) is 4.94. The van der Waals surface area contributed by atoms with E-state index < -0.39 is 16.4 Å². The van der Waals surface area contributed by atoms with Gasteiger partial charge >= 0.3 is 10.3 Å². The summed E-state index contributed by atoms with van der Waals surface area (Å²) in [5, 5.41) is 5.33. The molecule has 0 unspecified atom stereocenters. The van der Waals surface area contributed by atoms with Crippen molar-refractivity contribution >= 4 is 21.9 Å². The van der Waals surface area contributed by atoms with Crippen molar-refractivity contribution in [2.75, 3.05) is 0 Å². The predicted octanol–water partition coefficient (Wildman–Crippen LogP) is 1.49. The summed E-state index contributed by atoms with van der Waals surface area (Å²) in [5.74, 6) is 0. The van der Waals surface area contributed by atoms with Gasteiger partial charge in [-0.2, -0.15) is 8.42 Å². The van der Waals surface area contributed by atoms with Crippen LogP contribution in [0.4, 0.5) is 0 Å².